The van der Waals surface area contributed by atoms with E-state index >= 15 is 0 Å². The zero-order chi connectivity index (χ0) is 20.6. The molecule has 2 heterocycles. The summed E-state index contributed by atoms with van der Waals surface area (Å²) in [6.07, 6.45) is 4.97. The molecule has 0 radical (unpaired) electrons. The largest absolute Gasteiger partial charge is 0.465 e. The second-order valence-corrected chi connectivity index (χ2v) is 11.8. The number of hydrogen-bond donors (Lipinski definition) is 0. The van der Waals surface area contributed by atoms with Crippen LogP contribution in [-0.4, -0.2) is 68.7 Å². The second kappa shape index (κ2) is 8.71. The number of carbonyl (C=O) groups excluding carboxylic acids is 1. The maximum atomic E-state index is 13.1. The van der Waals surface area contributed by atoms with Crippen LogP contribution >= 0.6 is 23.5 Å². The van der Waals surface area contributed by atoms with Crippen LogP contribution in [0.25, 0.3) is 0 Å². The van der Waals surface area contributed by atoms with Crippen LogP contribution in [0.1, 0.15) is 20.3 Å². The minimum absolute atomic E-state index is 0.0605. The first kappa shape index (κ1) is 22.0. The summed E-state index contributed by atoms with van der Waals surface area (Å²) in [5.74, 6) is 2.26. The number of methoxy groups -OCH3 is 2. The summed E-state index contributed by atoms with van der Waals surface area (Å²) in [5, 5.41) is 0. The fraction of sp³-hybridized carbons (Fsp3) is 0.857. The molecule has 2 aliphatic carbocycles. The Labute approximate surface area is 181 Å². The topological polar surface area (TPSA) is 63.2 Å². The van der Waals surface area contributed by atoms with E-state index in [0.717, 1.165) is 17.9 Å². The van der Waals surface area contributed by atoms with Crippen molar-refractivity contribution in [3.05, 3.63) is 12.2 Å². The molecule has 2 saturated heterocycles. The Hall–Kier alpha value is -0.250. The Bertz CT molecular complexity index is 635. The summed E-state index contributed by atoms with van der Waals surface area (Å²) in [5.41, 5.74) is -0.520. The fourth-order valence-corrected chi connectivity index (χ4v) is 9.14. The van der Waals surface area contributed by atoms with Crippen LogP contribution in [0.4, 0.5) is 0 Å². The normalized spacial score (nSPS) is 41.2. The van der Waals surface area contributed by atoms with Crippen molar-refractivity contribution in [1.29, 1.82) is 0 Å². The Balaban J connectivity index is 1.78. The molecular weight excluding hydrogens is 412 g/mol. The molecule has 0 aromatic carbocycles. The van der Waals surface area contributed by atoms with Crippen LogP contribution < -0.4 is 0 Å². The van der Waals surface area contributed by atoms with Crippen molar-refractivity contribution in [3.8, 4) is 0 Å². The maximum Gasteiger partial charge on any atom is 0.310 e. The number of allylic oxidation sites excluding steroid dienone is 2. The highest BCUT2D eigenvalue weighted by Gasteiger charge is 2.70. The SMILES string of the molecule is COCO[C@H]1CC(C)(C)[C@@H]2C=C[C@H](C3SCCS3)[C@@H]3C(=O)OC[C@@]32[C@H]1OCOC. The van der Waals surface area contributed by atoms with Gasteiger partial charge in [-0.1, -0.05) is 26.0 Å². The minimum atomic E-state index is -0.459. The van der Waals surface area contributed by atoms with Gasteiger partial charge >= 0.3 is 5.97 Å². The van der Waals surface area contributed by atoms with E-state index < -0.39 is 5.41 Å². The van der Waals surface area contributed by atoms with Crippen molar-refractivity contribution < 1.29 is 28.5 Å². The molecule has 1 spiro atoms. The van der Waals surface area contributed by atoms with Gasteiger partial charge in [-0.15, -0.1) is 23.5 Å². The standard InChI is InChI=1S/C21H32O6S2/c1-20(2)9-14(26-11-23-3)17(27-12-24-4)21-10-25-18(22)16(21)13(5-6-15(20)21)19-28-7-8-29-19/h5-6,13-17,19H,7-12H2,1-4H3/t13-,14-,15-,16+,17-,21-/m0/s1. The Morgan fingerprint density at radius 1 is 1.10 bits per heavy atom. The molecule has 1 saturated carbocycles. The molecule has 0 aromatic rings. The van der Waals surface area contributed by atoms with Crippen LogP contribution in [-0.2, 0) is 28.5 Å². The summed E-state index contributed by atoms with van der Waals surface area (Å²) in [6, 6.07) is 0. The quantitative estimate of drug-likeness (QED) is 0.337. The van der Waals surface area contributed by atoms with Gasteiger partial charge in [0.1, 0.15) is 20.2 Å². The zero-order valence-corrected chi connectivity index (χ0v) is 19.3. The molecule has 2 aliphatic heterocycles. The predicted octanol–water partition coefficient (Wildman–Crippen LogP) is 3.16. The molecule has 0 N–H and O–H groups in total. The Morgan fingerprint density at radius 3 is 2.48 bits per heavy atom. The number of thioether (sulfide) groups is 2. The van der Waals surface area contributed by atoms with Crippen molar-refractivity contribution in [2.45, 2.75) is 37.1 Å². The van der Waals surface area contributed by atoms with E-state index in [1.54, 1.807) is 14.2 Å². The monoisotopic (exact) mass is 444 g/mol. The van der Waals surface area contributed by atoms with Crippen molar-refractivity contribution in [2.24, 2.45) is 28.6 Å². The van der Waals surface area contributed by atoms with Gasteiger partial charge in [-0.05, 0) is 17.8 Å². The number of esters is 1. The van der Waals surface area contributed by atoms with Crippen molar-refractivity contribution in [1.82, 2.24) is 0 Å². The molecule has 29 heavy (non-hydrogen) atoms. The molecule has 4 rings (SSSR count). The number of ether oxygens (including phenoxy) is 5. The van der Waals surface area contributed by atoms with Gasteiger partial charge in [0.15, 0.2) is 0 Å². The van der Waals surface area contributed by atoms with Gasteiger partial charge in [0.05, 0.1) is 28.1 Å². The molecule has 6 atom stereocenters. The van der Waals surface area contributed by atoms with Gasteiger partial charge in [0.2, 0.25) is 0 Å². The first-order valence-electron chi connectivity index (χ1n) is 10.2. The van der Waals surface area contributed by atoms with E-state index in [4.69, 9.17) is 23.7 Å². The van der Waals surface area contributed by atoms with Crippen LogP contribution in [0.5, 0.6) is 0 Å². The molecule has 0 bridgehead atoms. The van der Waals surface area contributed by atoms with E-state index in [0.29, 0.717) is 11.2 Å². The third kappa shape index (κ3) is 3.68. The summed E-state index contributed by atoms with van der Waals surface area (Å²) < 4.78 is 29.1. The molecule has 4 aliphatic rings. The first-order valence-corrected chi connectivity index (χ1v) is 12.3. The summed E-state index contributed by atoms with van der Waals surface area (Å²) in [7, 11) is 3.25. The fourth-order valence-electron chi connectivity index (χ4n) is 6.00. The lowest BCUT2D eigenvalue weighted by Crippen LogP contribution is -2.65. The first-order chi connectivity index (χ1) is 14.0. The van der Waals surface area contributed by atoms with Crippen LogP contribution in [0, 0.1) is 28.6 Å². The lowest BCUT2D eigenvalue weighted by molar-refractivity contribution is -0.248. The molecule has 164 valence electrons. The second-order valence-electron chi connectivity index (χ2n) is 9.05. The lowest BCUT2D eigenvalue weighted by Gasteiger charge is -2.59. The van der Waals surface area contributed by atoms with E-state index in [2.05, 4.69) is 26.0 Å². The smallest absolute Gasteiger partial charge is 0.310 e. The van der Waals surface area contributed by atoms with Gasteiger partial charge in [-0.2, -0.15) is 0 Å². The van der Waals surface area contributed by atoms with E-state index in [9.17, 15) is 4.79 Å². The number of cyclic esters (lactones) is 1. The molecule has 0 amide bonds. The van der Waals surface area contributed by atoms with Crippen molar-refractivity contribution in [2.75, 3.05) is 45.9 Å². The van der Waals surface area contributed by atoms with Crippen molar-refractivity contribution in [3.63, 3.8) is 0 Å². The average Bonchev–Trinajstić information content (AvgIpc) is 3.34. The molecule has 6 nitrogen and oxygen atoms in total. The highest BCUT2D eigenvalue weighted by molar-refractivity contribution is 8.20. The lowest BCUT2D eigenvalue weighted by atomic mass is 9.47. The summed E-state index contributed by atoms with van der Waals surface area (Å²) in [6.45, 7) is 5.25. The van der Waals surface area contributed by atoms with Crippen LogP contribution in [0.2, 0.25) is 0 Å². The summed E-state index contributed by atoms with van der Waals surface area (Å²) in [4.78, 5) is 13.1. The van der Waals surface area contributed by atoms with E-state index in [-0.39, 0.29) is 54.9 Å². The van der Waals surface area contributed by atoms with Gasteiger partial charge < -0.3 is 23.7 Å². The molecule has 3 fully saturated rings. The van der Waals surface area contributed by atoms with Crippen molar-refractivity contribution >= 4 is 29.5 Å². The van der Waals surface area contributed by atoms with Gasteiger partial charge in [0.25, 0.3) is 0 Å². The number of rotatable bonds is 7. The van der Waals surface area contributed by atoms with E-state index in [1.165, 1.54) is 0 Å². The highest BCUT2D eigenvalue weighted by Crippen LogP contribution is 2.64. The van der Waals surface area contributed by atoms with Gasteiger partial charge in [-0.3, -0.25) is 4.79 Å². The highest BCUT2D eigenvalue weighted by atomic mass is 32.2. The van der Waals surface area contributed by atoms with Crippen LogP contribution in [0.3, 0.4) is 0 Å². The van der Waals surface area contributed by atoms with E-state index in [1.807, 2.05) is 23.5 Å². The molecular formula is C21H32O6S2. The third-order valence-electron chi connectivity index (χ3n) is 6.95. The maximum absolute atomic E-state index is 13.1. The minimum Gasteiger partial charge on any atom is -0.465 e. The number of hydrogen-bond acceptors (Lipinski definition) is 8. The van der Waals surface area contributed by atoms with Crippen LogP contribution in [0.15, 0.2) is 12.2 Å². The van der Waals surface area contributed by atoms with Gasteiger partial charge in [0, 0.05) is 31.6 Å². The predicted molar refractivity (Wildman–Crippen MR) is 114 cm³/mol. The van der Waals surface area contributed by atoms with Gasteiger partial charge in [-0.25, -0.2) is 0 Å². The Morgan fingerprint density at radius 2 is 1.79 bits per heavy atom. The average molecular weight is 445 g/mol. The third-order valence-corrected chi connectivity index (χ3v) is 10.2. The molecule has 0 aromatic heterocycles. The summed E-state index contributed by atoms with van der Waals surface area (Å²) >= 11 is 3.91. The molecule has 0 unspecified atom stereocenters. The zero-order valence-electron chi connectivity index (χ0n) is 17.6. The Kier molecular flexibility index (Phi) is 6.60. The molecule has 8 heteroatoms. The number of carbonyl (C=O) groups is 1.